The maximum Gasteiger partial charge on any atom is 0.248 e. The van der Waals surface area contributed by atoms with Gasteiger partial charge in [-0.1, -0.05) is 12.1 Å². The second kappa shape index (κ2) is 8.13. The van der Waals surface area contributed by atoms with Gasteiger partial charge in [0.2, 0.25) is 5.91 Å². The molecular weight excluding hydrogens is 316 g/mol. The van der Waals surface area contributed by atoms with Crippen molar-refractivity contribution in [2.24, 2.45) is 0 Å². The van der Waals surface area contributed by atoms with Crippen molar-refractivity contribution in [3.63, 3.8) is 0 Å². The Kier molecular flexibility index (Phi) is 5.45. The standard InChI is InChI=1S/C20H18N2O3/c21-13-16-3-1-2-15(12-16)4-9-20(23)22-17-5-7-18(8-6-17)25-19-10-11-24-14-19/h1-9,12,19H,10-11,14H2,(H,22,23)/b9-4+. The van der Waals surface area contributed by atoms with Gasteiger partial charge in [-0.15, -0.1) is 0 Å². The number of rotatable bonds is 5. The van der Waals surface area contributed by atoms with Gasteiger partial charge in [0.25, 0.3) is 0 Å². The molecule has 1 heterocycles. The zero-order valence-corrected chi connectivity index (χ0v) is 13.6. The third-order valence-corrected chi connectivity index (χ3v) is 3.76. The monoisotopic (exact) mass is 334 g/mol. The summed E-state index contributed by atoms with van der Waals surface area (Å²) in [5.74, 6) is 0.526. The molecule has 0 aliphatic carbocycles. The molecule has 3 rings (SSSR count). The van der Waals surface area contributed by atoms with E-state index >= 15 is 0 Å². The fourth-order valence-corrected chi connectivity index (χ4v) is 2.48. The molecule has 1 saturated heterocycles. The van der Waals surface area contributed by atoms with Crippen LogP contribution in [-0.2, 0) is 9.53 Å². The number of nitriles is 1. The van der Waals surface area contributed by atoms with E-state index in [2.05, 4.69) is 11.4 Å². The summed E-state index contributed by atoms with van der Waals surface area (Å²) in [5, 5.41) is 11.7. The van der Waals surface area contributed by atoms with Crippen LogP contribution in [0.5, 0.6) is 5.75 Å². The smallest absolute Gasteiger partial charge is 0.248 e. The van der Waals surface area contributed by atoms with Crippen molar-refractivity contribution < 1.29 is 14.3 Å². The molecule has 25 heavy (non-hydrogen) atoms. The molecule has 0 spiro atoms. The molecule has 1 unspecified atom stereocenters. The molecule has 2 aromatic rings. The second-order valence-corrected chi connectivity index (χ2v) is 5.69. The molecule has 1 fully saturated rings. The average Bonchev–Trinajstić information content (AvgIpc) is 3.15. The maximum absolute atomic E-state index is 12.0. The van der Waals surface area contributed by atoms with Crippen LogP contribution >= 0.6 is 0 Å². The maximum atomic E-state index is 12.0. The van der Waals surface area contributed by atoms with Crippen LogP contribution in [0.2, 0.25) is 0 Å². The number of ether oxygens (including phenoxy) is 2. The number of hydrogen-bond donors (Lipinski definition) is 1. The Morgan fingerprint density at radius 3 is 2.84 bits per heavy atom. The van der Waals surface area contributed by atoms with Crippen LogP contribution < -0.4 is 10.1 Å². The lowest BCUT2D eigenvalue weighted by Gasteiger charge is -2.12. The number of amides is 1. The molecule has 5 heteroatoms. The van der Waals surface area contributed by atoms with E-state index < -0.39 is 0 Å². The van der Waals surface area contributed by atoms with Gasteiger partial charge in [-0.05, 0) is 48.0 Å². The van der Waals surface area contributed by atoms with Crippen LogP contribution in [0.15, 0.2) is 54.6 Å². The first-order valence-electron chi connectivity index (χ1n) is 8.06. The van der Waals surface area contributed by atoms with E-state index in [0.717, 1.165) is 24.3 Å². The van der Waals surface area contributed by atoms with Crippen molar-refractivity contribution >= 4 is 17.7 Å². The summed E-state index contributed by atoms with van der Waals surface area (Å²) in [6, 6.07) is 16.4. The number of nitrogens with one attached hydrogen (secondary N) is 1. The Hall–Kier alpha value is -3.10. The molecule has 0 aromatic heterocycles. The van der Waals surface area contributed by atoms with Crippen LogP contribution in [0.25, 0.3) is 6.08 Å². The van der Waals surface area contributed by atoms with Crippen LogP contribution in [0.3, 0.4) is 0 Å². The Labute approximate surface area is 146 Å². The number of carbonyl (C=O) groups excluding carboxylic acids is 1. The summed E-state index contributed by atoms with van der Waals surface area (Å²) in [6.45, 7) is 1.36. The molecule has 0 radical (unpaired) electrons. The van der Waals surface area contributed by atoms with E-state index in [1.807, 2.05) is 18.2 Å². The molecule has 5 nitrogen and oxygen atoms in total. The molecule has 1 aliphatic heterocycles. The van der Waals surface area contributed by atoms with E-state index in [1.165, 1.54) is 6.08 Å². The van der Waals surface area contributed by atoms with Crippen LogP contribution in [0.4, 0.5) is 5.69 Å². The Morgan fingerprint density at radius 2 is 2.12 bits per heavy atom. The molecule has 126 valence electrons. The Balaban J connectivity index is 1.55. The zero-order valence-electron chi connectivity index (χ0n) is 13.6. The van der Waals surface area contributed by atoms with E-state index in [-0.39, 0.29) is 12.0 Å². The van der Waals surface area contributed by atoms with Crippen molar-refractivity contribution in [3.05, 3.63) is 65.7 Å². The average molecular weight is 334 g/mol. The number of anilines is 1. The van der Waals surface area contributed by atoms with Gasteiger partial charge in [-0.3, -0.25) is 4.79 Å². The molecule has 1 atom stereocenters. The van der Waals surface area contributed by atoms with Gasteiger partial charge >= 0.3 is 0 Å². The minimum absolute atomic E-state index is 0.104. The highest BCUT2D eigenvalue weighted by molar-refractivity contribution is 6.01. The Morgan fingerprint density at radius 1 is 1.28 bits per heavy atom. The van der Waals surface area contributed by atoms with Gasteiger partial charge in [0.1, 0.15) is 11.9 Å². The van der Waals surface area contributed by atoms with Crippen LogP contribution in [0, 0.1) is 11.3 Å². The number of benzene rings is 2. The van der Waals surface area contributed by atoms with E-state index in [9.17, 15) is 4.79 Å². The van der Waals surface area contributed by atoms with Crippen LogP contribution in [0.1, 0.15) is 17.5 Å². The van der Waals surface area contributed by atoms with Gasteiger partial charge in [-0.25, -0.2) is 0 Å². The summed E-state index contributed by atoms with van der Waals surface area (Å²) in [6.07, 6.45) is 4.12. The van der Waals surface area contributed by atoms with E-state index in [0.29, 0.717) is 17.9 Å². The molecule has 2 aromatic carbocycles. The lowest BCUT2D eigenvalue weighted by atomic mass is 10.1. The van der Waals surface area contributed by atoms with Crippen molar-refractivity contribution in [3.8, 4) is 11.8 Å². The number of nitrogens with zero attached hydrogens (tertiary/aromatic N) is 1. The topological polar surface area (TPSA) is 71.4 Å². The van der Waals surface area contributed by atoms with Crippen molar-refractivity contribution in [1.82, 2.24) is 0 Å². The largest absolute Gasteiger partial charge is 0.488 e. The van der Waals surface area contributed by atoms with Gasteiger partial charge in [0.05, 0.1) is 24.8 Å². The highest BCUT2D eigenvalue weighted by Crippen LogP contribution is 2.19. The summed E-state index contributed by atoms with van der Waals surface area (Å²) in [7, 11) is 0. The molecule has 1 aliphatic rings. The second-order valence-electron chi connectivity index (χ2n) is 5.69. The van der Waals surface area contributed by atoms with E-state index in [4.69, 9.17) is 14.7 Å². The number of hydrogen-bond acceptors (Lipinski definition) is 4. The van der Waals surface area contributed by atoms with Gasteiger partial charge in [0, 0.05) is 18.2 Å². The molecule has 1 N–H and O–H groups in total. The SMILES string of the molecule is N#Cc1cccc(/C=C/C(=O)Nc2ccc(OC3CCOC3)cc2)c1. The summed E-state index contributed by atoms with van der Waals surface area (Å²) in [5.41, 5.74) is 2.05. The van der Waals surface area contributed by atoms with Gasteiger partial charge < -0.3 is 14.8 Å². The predicted molar refractivity (Wildman–Crippen MR) is 95.1 cm³/mol. The first-order valence-corrected chi connectivity index (χ1v) is 8.06. The Bertz CT molecular complexity index is 800. The minimum Gasteiger partial charge on any atom is -0.488 e. The normalized spacial score (nSPS) is 16.5. The van der Waals surface area contributed by atoms with Crippen molar-refractivity contribution in [2.45, 2.75) is 12.5 Å². The third kappa shape index (κ3) is 4.93. The molecule has 1 amide bonds. The number of carbonyl (C=O) groups is 1. The highest BCUT2D eigenvalue weighted by atomic mass is 16.5. The van der Waals surface area contributed by atoms with E-state index in [1.54, 1.807) is 36.4 Å². The summed E-state index contributed by atoms with van der Waals surface area (Å²) < 4.78 is 11.1. The van der Waals surface area contributed by atoms with Crippen molar-refractivity contribution in [1.29, 1.82) is 5.26 Å². The predicted octanol–water partition coefficient (Wildman–Crippen LogP) is 3.38. The quantitative estimate of drug-likeness (QED) is 0.851. The fraction of sp³-hybridized carbons (Fsp3) is 0.200. The fourth-order valence-electron chi connectivity index (χ4n) is 2.48. The van der Waals surface area contributed by atoms with Crippen LogP contribution in [-0.4, -0.2) is 25.2 Å². The molecular formula is C20H18N2O3. The molecule has 0 bridgehead atoms. The zero-order chi connectivity index (χ0) is 17.5. The summed E-state index contributed by atoms with van der Waals surface area (Å²) >= 11 is 0. The lowest BCUT2D eigenvalue weighted by molar-refractivity contribution is -0.111. The van der Waals surface area contributed by atoms with Gasteiger partial charge in [-0.2, -0.15) is 5.26 Å². The first kappa shape index (κ1) is 16.7. The lowest BCUT2D eigenvalue weighted by Crippen LogP contribution is -2.15. The van der Waals surface area contributed by atoms with Gasteiger partial charge in [0.15, 0.2) is 0 Å². The summed E-state index contributed by atoms with van der Waals surface area (Å²) in [4.78, 5) is 12.0. The highest BCUT2D eigenvalue weighted by Gasteiger charge is 2.16. The minimum atomic E-state index is -0.236. The third-order valence-electron chi connectivity index (χ3n) is 3.76. The van der Waals surface area contributed by atoms with Crippen molar-refractivity contribution in [2.75, 3.05) is 18.5 Å². The first-order chi connectivity index (χ1) is 12.2. The molecule has 0 saturated carbocycles.